The monoisotopic (exact) mass is 367 g/mol. The normalized spacial score (nSPS) is 21.6. The van der Waals surface area contributed by atoms with Gasteiger partial charge in [0.1, 0.15) is 5.66 Å². The van der Waals surface area contributed by atoms with Gasteiger partial charge < -0.3 is 15.5 Å². The summed E-state index contributed by atoms with van der Waals surface area (Å²) >= 11 is 0. The van der Waals surface area contributed by atoms with Crippen LogP contribution < -0.4 is 10.6 Å². The SMILES string of the molecule is CCCn1ncc(C(=O)N2CCC[C@]3(C2)NC(=O)c2ccccc2N3)c1C. The number of nitrogens with one attached hydrogen (secondary N) is 2. The van der Waals surface area contributed by atoms with Gasteiger partial charge in [-0.1, -0.05) is 19.1 Å². The highest BCUT2D eigenvalue weighted by atomic mass is 16.2. The third-order valence-corrected chi connectivity index (χ3v) is 5.45. The number of hydrogen-bond acceptors (Lipinski definition) is 4. The van der Waals surface area contributed by atoms with Crippen LogP contribution in [-0.4, -0.2) is 45.2 Å². The molecule has 0 radical (unpaired) electrons. The molecule has 2 aromatic rings. The standard InChI is InChI=1S/C20H25N5O2/c1-3-10-25-14(2)16(12-21-25)19(27)24-11-6-9-20(13-24)22-17-8-5-4-7-15(17)18(26)23-20/h4-5,7-8,12,22H,3,6,9-11,13H2,1-2H3,(H,23,26)/t20-/m1/s1. The van der Waals surface area contributed by atoms with E-state index in [2.05, 4.69) is 22.7 Å². The van der Waals surface area contributed by atoms with Gasteiger partial charge in [-0.3, -0.25) is 14.3 Å². The van der Waals surface area contributed by atoms with Gasteiger partial charge in [0, 0.05) is 24.5 Å². The third-order valence-electron chi connectivity index (χ3n) is 5.45. The van der Waals surface area contributed by atoms with Crippen LogP contribution in [0.25, 0.3) is 0 Å². The Hall–Kier alpha value is -2.83. The van der Waals surface area contributed by atoms with Gasteiger partial charge in [0.15, 0.2) is 0 Å². The number of carbonyl (C=O) groups excluding carboxylic acids is 2. The second-order valence-electron chi connectivity index (χ2n) is 7.40. The van der Waals surface area contributed by atoms with Crippen molar-refractivity contribution in [2.45, 2.75) is 45.3 Å². The van der Waals surface area contributed by atoms with E-state index in [0.29, 0.717) is 24.2 Å². The Morgan fingerprint density at radius 3 is 2.93 bits per heavy atom. The number of piperidine rings is 1. The zero-order valence-electron chi connectivity index (χ0n) is 15.8. The van der Waals surface area contributed by atoms with E-state index >= 15 is 0 Å². The first-order valence-corrected chi connectivity index (χ1v) is 9.54. The van der Waals surface area contributed by atoms with Crippen molar-refractivity contribution in [1.29, 1.82) is 0 Å². The molecule has 1 atom stereocenters. The van der Waals surface area contributed by atoms with Gasteiger partial charge in [0.2, 0.25) is 0 Å². The van der Waals surface area contributed by atoms with Crippen LogP contribution in [0.2, 0.25) is 0 Å². The van der Waals surface area contributed by atoms with E-state index in [0.717, 1.165) is 37.2 Å². The number of amides is 2. The quantitative estimate of drug-likeness (QED) is 0.873. The Kier molecular flexibility index (Phi) is 4.37. The molecule has 3 heterocycles. The summed E-state index contributed by atoms with van der Waals surface area (Å²) in [5.41, 5.74) is 2.38. The molecule has 0 unspecified atom stereocenters. The molecule has 1 aromatic heterocycles. The van der Waals surface area contributed by atoms with Crippen LogP contribution in [0.1, 0.15) is 52.6 Å². The van der Waals surface area contributed by atoms with Gasteiger partial charge in [0.25, 0.3) is 11.8 Å². The van der Waals surface area contributed by atoms with E-state index in [9.17, 15) is 9.59 Å². The number of likely N-dealkylation sites (tertiary alicyclic amines) is 1. The Labute approximate surface area is 158 Å². The molecule has 27 heavy (non-hydrogen) atoms. The lowest BCUT2D eigenvalue weighted by Gasteiger charge is -2.46. The first-order chi connectivity index (χ1) is 13.0. The largest absolute Gasteiger partial charge is 0.361 e. The maximum atomic E-state index is 13.1. The minimum absolute atomic E-state index is 0.0242. The van der Waals surface area contributed by atoms with Gasteiger partial charge in [-0.15, -0.1) is 0 Å². The van der Waals surface area contributed by atoms with Gasteiger partial charge in [-0.2, -0.15) is 5.10 Å². The van der Waals surface area contributed by atoms with Crippen molar-refractivity contribution >= 4 is 17.5 Å². The molecule has 2 N–H and O–H groups in total. The number of fused-ring (bicyclic) bond motifs is 1. The zero-order chi connectivity index (χ0) is 19.0. The molecule has 1 saturated heterocycles. The van der Waals surface area contributed by atoms with E-state index in [1.807, 2.05) is 40.8 Å². The summed E-state index contributed by atoms with van der Waals surface area (Å²) in [5, 5.41) is 10.9. The van der Waals surface area contributed by atoms with Gasteiger partial charge >= 0.3 is 0 Å². The molecule has 7 nitrogen and oxygen atoms in total. The van der Waals surface area contributed by atoms with Gasteiger partial charge in [-0.25, -0.2) is 0 Å². The molecule has 2 aliphatic heterocycles. The molecule has 1 aromatic carbocycles. The number of aromatic nitrogens is 2. The summed E-state index contributed by atoms with van der Waals surface area (Å²) in [6.07, 6.45) is 4.24. The number of aryl methyl sites for hydroxylation is 1. The first-order valence-electron chi connectivity index (χ1n) is 9.54. The maximum Gasteiger partial charge on any atom is 0.257 e. The third kappa shape index (κ3) is 3.07. The Bertz CT molecular complexity index is 890. The Morgan fingerprint density at radius 2 is 2.11 bits per heavy atom. The molecular weight excluding hydrogens is 342 g/mol. The van der Waals surface area contributed by atoms with Crippen LogP contribution >= 0.6 is 0 Å². The van der Waals surface area contributed by atoms with E-state index in [4.69, 9.17) is 0 Å². The molecule has 0 aliphatic carbocycles. The van der Waals surface area contributed by atoms with Crippen LogP contribution in [0.15, 0.2) is 30.5 Å². The lowest BCUT2D eigenvalue weighted by molar-refractivity contribution is 0.0592. The van der Waals surface area contributed by atoms with Crippen LogP contribution in [0.3, 0.4) is 0 Å². The number of benzene rings is 1. The Morgan fingerprint density at radius 1 is 1.30 bits per heavy atom. The second-order valence-corrected chi connectivity index (χ2v) is 7.40. The molecule has 1 fully saturated rings. The van der Waals surface area contributed by atoms with Gasteiger partial charge in [-0.05, 0) is 38.3 Å². The smallest absolute Gasteiger partial charge is 0.257 e. The van der Waals surface area contributed by atoms with Crippen molar-refractivity contribution in [3.63, 3.8) is 0 Å². The van der Waals surface area contributed by atoms with Crippen molar-refractivity contribution in [1.82, 2.24) is 20.0 Å². The predicted molar refractivity (Wildman–Crippen MR) is 103 cm³/mol. The summed E-state index contributed by atoms with van der Waals surface area (Å²) in [6, 6.07) is 7.48. The molecular formula is C20H25N5O2. The average Bonchev–Trinajstić information content (AvgIpc) is 3.02. The van der Waals surface area contributed by atoms with Crippen molar-refractivity contribution in [2.24, 2.45) is 0 Å². The number of para-hydroxylation sites is 1. The Balaban J connectivity index is 1.57. The fourth-order valence-electron chi connectivity index (χ4n) is 4.06. The molecule has 142 valence electrons. The van der Waals surface area contributed by atoms with Crippen LogP contribution in [0.5, 0.6) is 0 Å². The molecule has 7 heteroatoms. The highest BCUT2D eigenvalue weighted by molar-refractivity contribution is 6.02. The van der Waals surface area contributed by atoms with E-state index < -0.39 is 5.66 Å². The van der Waals surface area contributed by atoms with Crippen LogP contribution in [0, 0.1) is 6.92 Å². The maximum absolute atomic E-state index is 13.1. The molecule has 1 spiro atoms. The molecule has 0 bridgehead atoms. The van der Waals surface area contributed by atoms with Gasteiger partial charge in [0.05, 0.1) is 23.9 Å². The summed E-state index contributed by atoms with van der Waals surface area (Å²) in [7, 11) is 0. The number of nitrogens with zero attached hydrogens (tertiary/aromatic N) is 3. The van der Waals surface area contributed by atoms with Crippen molar-refractivity contribution in [3.8, 4) is 0 Å². The molecule has 4 rings (SSSR count). The molecule has 0 saturated carbocycles. The first kappa shape index (κ1) is 17.6. The average molecular weight is 367 g/mol. The minimum Gasteiger partial charge on any atom is -0.361 e. The van der Waals surface area contributed by atoms with E-state index in [1.54, 1.807) is 6.20 Å². The zero-order valence-corrected chi connectivity index (χ0v) is 15.8. The fourth-order valence-corrected chi connectivity index (χ4v) is 4.06. The van der Waals surface area contributed by atoms with Crippen molar-refractivity contribution < 1.29 is 9.59 Å². The topological polar surface area (TPSA) is 79.3 Å². The lowest BCUT2D eigenvalue weighted by atomic mass is 9.93. The predicted octanol–water partition coefficient (Wildman–Crippen LogP) is 2.39. The molecule has 2 aliphatic rings. The van der Waals surface area contributed by atoms with Crippen LogP contribution in [0.4, 0.5) is 5.69 Å². The number of carbonyl (C=O) groups is 2. The summed E-state index contributed by atoms with van der Waals surface area (Å²) < 4.78 is 1.88. The highest BCUT2D eigenvalue weighted by Gasteiger charge is 2.42. The minimum atomic E-state index is -0.618. The number of rotatable bonds is 3. The summed E-state index contributed by atoms with van der Waals surface area (Å²) in [6.45, 7) is 5.94. The van der Waals surface area contributed by atoms with E-state index in [-0.39, 0.29) is 11.8 Å². The second kappa shape index (κ2) is 6.72. The fraction of sp³-hybridized carbons (Fsp3) is 0.450. The van der Waals surface area contributed by atoms with Crippen molar-refractivity contribution in [2.75, 3.05) is 18.4 Å². The van der Waals surface area contributed by atoms with Crippen molar-refractivity contribution in [3.05, 3.63) is 47.3 Å². The lowest BCUT2D eigenvalue weighted by Crippen LogP contribution is -2.66. The summed E-state index contributed by atoms with van der Waals surface area (Å²) in [4.78, 5) is 27.5. The number of hydrogen-bond donors (Lipinski definition) is 2. The highest BCUT2D eigenvalue weighted by Crippen LogP contribution is 2.31. The van der Waals surface area contributed by atoms with Crippen LogP contribution in [-0.2, 0) is 6.54 Å². The number of anilines is 1. The summed E-state index contributed by atoms with van der Waals surface area (Å²) in [5.74, 6) is -0.116. The van der Waals surface area contributed by atoms with E-state index in [1.165, 1.54) is 0 Å². The molecule has 2 amide bonds.